The molecule has 1 rings (SSSR count). The highest BCUT2D eigenvalue weighted by molar-refractivity contribution is 7.10. The summed E-state index contributed by atoms with van der Waals surface area (Å²) in [7, 11) is 1.60. The maximum Gasteiger partial charge on any atom is 0.255 e. The molecule has 0 radical (unpaired) electrons. The van der Waals surface area contributed by atoms with Crippen molar-refractivity contribution in [3.8, 4) is 0 Å². The third-order valence-electron chi connectivity index (χ3n) is 1.69. The smallest absolute Gasteiger partial charge is 0.255 e. The van der Waals surface area contributed by atoms with E-state index in [2.05, 4.69) is 4.37 Å². The molecule has 1 aromatic heterocycles. The molecule has 74 valence electrons. The molecule has 0 spiro atoms. The molecule has 2 N–H and O–H groups in total. The SMILES string of the molecule is Cc1c(N)nsc1N(C)CC(F)F. The van der Waals surface area contributed by atoms with Crippen molar-refractivity contribution >= 4 is 22.4 Å². The van der Waals surface area contributed by atoms with Crippen LogP contribution in [-0.4, -0.2) is 24.4 Å². The number of hydrogen-bond donors (Lipinski definition) is 1. The van der Waals surface area contributed by atoms with E-state index in [0.717, 1.165) is 17.1 Å². The van der Waals surface area contributed by atoms with Gasteiger partial charge in [-0.15, -0.1) is 0 Å². The van der Waals surface area contributed by atoms with Crippen LogP contribution in [0, 0.1) is 6.92 Å². The van der Waals surface area contributed by atoms with Crippen LogP contribution in [0.5, 0.6) is 0 Å². The minimum absolute atomic E-state index is 0.289. The fourth-order valence-electron chi connectivity index (χ4n) is 0.985. The van der Waals surface area contributed by atoms with Crippen LogP contribution >= 0.6 is 11.5 Å². The molecule has 1 heterocycles. The average molecular weight is 207 g/mol. The number of halogens is 2. The second-order valence-electron chi connectivity index (χ2n) is 2.77. The second-order valence-corrected chi connectivity index (χ2v) is 3.52. The van der Waals surface area contributed by atoms with E-state index in [1.807, 2.05) is 0 Å². The van der Waals surface area contributed by atoms with Crippen LogP contribution in [0.15, 0.2) is 0 Å². The number of nitrogens with two attached hydrogens (primary N) is 1. The number of hydrogen-bond acceptors (Lipinski definition) is 4. The number of aromatic nitrogens is 1. The first kappa shape index (κ1) is 10.2. The van der Waals surface area contributed by atoms with E-state index < -0.39 is 6.43 Å². The molecule has 0 saturated heterocycles. The summed E-state index contributed by atoms with van der Waals surface area (Å²) in [6, 6.07) is 0. The van der Waals surface area contributed by atoms with Crippen molar-refractivity contribution in [2.24, 2.45) is 0 Å². The van der Waals surface area contributed by atoms with Crippen molar-refractivity contribution in [2.45, 2.75) is 13.3 Å². The highest BCUT2D eigenvalue weighted by Crippen LogP contribution is 2.28. The zero-order valence-electron chi connectivity index (χ0n) is 7.42. The third-order valence-corrected chi connectivity index (χ3v) is 2.77. The van der Waals surface area contributed by atoms with Crippen molar-refractivity contribution in [1.29, 1.82) is 0 Å². The predicted molar refractivity (Wildman–Crippen MR) is 50.5 cm³/mol. The lowest BCUT2D eigenvalue weighted by Crippen LogP contribution is -2.23. The van der Waals surface area contributed by atoms with E-state index >= 15 is 0 Å². The number of nitrogens with zero attached hydrogens (tertiary/aromatic N) is 2. The quantitative estimate of drug-likeness (QED) is 0.820. The maximum atomic E-state index is 12.0. The zero-order chi connectivity index (χ0) is 10.0. The molecule has 3 nitrogen and oxygen atoms in total. The molecule has 0 amide bonds. The minimum Gasteiger partial charge on any atom is -0.383 e. The van der Waals surface area contributed by atoms with Gasteiger partial charge in [0.1, 0.15) is 10.8 Å². The van der Waals surface area contributed by atoms with Gasteiger partial charge in [0.05, 0.1) is 6.54 Å². The van der Waals surface area contributed by atoms with Crippen molar-refractivity contribution in [3.05, 3.63) is 5.56 Å². The largest absolute Gasteiger partial charge is 0.383 e. The molecular weight excluding hydrogens is 196 g/mol. The summed E-state index contributed by atoms with van der Waals surface area (Å²) in [4.78, 5) is 1.47. The molecule has 0 saturated carbocycles. The van der Waals surface area contributed by atoms with Crippen LogP contribution < -0.4 is 10.6 Å². The van der Waals surface area contributed by atoms with Crippen molar-refractivity contribution in [1.82, 2.24) is 4.37 Å². The molecule has 0 fully saturated rings. The second kappa shape index (κ2) is 3.87. The van der Waals surface area contributed by atoms with Gasteiger partial charge in [-0.3, -0.25) is 0 Å². The molecule has 0 unspecified atom stereocenters. The Hall–Kier alpha value is -0.910. The molecule has 0 aliphatic heterocycles. The van der Waals surface area contributed by atoms with Crippen LogP contribution in [-0.2, 0) is 0 Å². The Balaban J connectivity index is 2.76. The molecule has 13 heavy (non-hydrogen) atoms. The monoisotopic (exact) mass is 207 g/mol. The molecule has 0 bridgehead atoms. The topological polar surface area (TPSA) is 42.1 Å². The Bertz CT molecular complexity index is 287. The van der Waals surface area contributed by atoms with Gasteiger partial charge in [0.25, 0.3) is 6.43 Å². The van der Waals surface area contributed by atoms with Gasteiger partial charge in [0.15, 0.2) is 0 Å². The molecule has 0 aliphatic rings. The lowest BCUT2D eigenvalue weighted by atomic mass is 10.3. The van der Waals surface area contributed by atoms with E-state index in [-0.39, 0.29) is 6.54 Å². The van der Waals surface area contributed by atoms with Gasteiger partial charge in [-0.1, -0.05) is 0 Å². The van der Waals surface area contributed by atoms with E-state index in [1.54, 1.807) is 14.0 Å². The number of anilines is 2. The van der Waals surface area contributed by atoms with Crippen LogP contribution in [0.3, 0.4) is 0 Å². The van der Waals surface area contributed by atoms with Crippen LogP contribution in [0.1, 0.15) is 5.56 Å². The van der Waals surface area contributed by atoms with E-state index in [4.69, 9.17) is 5.73 Å². The summed E-state index contributed by atoms with van der Waals surface area (Å²) < 4.78 is 27.9. The Morgan fingerprint density at radius 1 is 1.62 bits per heavy atom. The fraction of sp³-hybridized carbons (Fsp3) is 0.571. The summed E-state index contributed by atoms with van der Waals surface area (Å²) in [5.41, 5.74) is 6.27. The number of rotatable bonds is 3. The van der Waals surface area contributed by atoms with Gasteiger partial charge in [-0.2, -0.15) is 4.37 Å². The Kier molecular flexibility index (Phi) is 3.02. The maximum absolute atomic E-state index is 12.0. The normalized spacial score (nSPS) is 10.8. The lowest BCUT2D eigenvalue weighted by Gasteiger charge is -2.16. The Labute approximate surface area is 79.3 Å². The summed E-state index contributed by atoms with van der Waals surface area (Å²) in [5.74, 6) is 0.418. The van der Waals surface area contributed by atoms with Gasteiger partial charge in [-0.25, -0.2) is 8.78 Å². The summed E-state index contributed by atoms with van der Waals surface area (Å²) in [6.45, 7) is 1.48. The summed E-state index contributed by atoms with van der Waals surface area (Å²) >= 11 is 1.14. The standard InChI is InChI=1S/C7H11F2N3S/c1-4-6(10)11-13-7(4)12(2)3-5(8)9/h5H,3H2,1-2H3,(H2,10,11). The van der Waals surface area contributed by atoms with Gasteiger partial charge >= 0.3 is 0 Å². The Morgan fingerprint density at radius 2 is 2.23 bits per heavy atom. The number of nitrogen functional groups attached to an aromatic ring is 1. The van der Waals surface area contributed by atoms with Crippen molar-refractivity contribution in [2.75, 3.05) is 24.2 Å². The van der Waals surface area contributed by atoms with Gasteiger partial charge in [-0.05, 0) is 18.5 Å². The molecular formula is C7H11F2N3S. The van der Waals surface area contributed by atoms with Gasteiger partial charge < -0.3 is 10.6 Å². The molecule has 0 aliphatic carbocycles. The zero-order valence-corrected chi connectivity index (χ0v) is 8.24. The van der Waals surface area contributed by atoms with Crippen LogP contribution in [0.25, 0.3) is 0 Å². The molecule has 0 atom stereocenters. The van der Waals surface area contributed by atoms with E-state index in [9.17, 15) is 8.78 Å². The predicted octanol–water partition coefficient (Wildman–Crippen LogP) is 1.74. The van der Waals surface area contributed by atoms with E-state index in [1.165, 1.54) is 4.90 Å². The van der Waals surface area contributed by atoms with Crippen LogP contribution in [0.2, 0.25) is 0 Å². The lowest BCUT2D eigenvalue weighted by molar-refractivity contribution is 0.156. The minimum atomic E-state index is -2.34. The van der Waals surface area contributed by atoms with Gasteiger partial charge in [0, 0.05) is 12.6 Å². The first-order valence-electron chi connectivity index (χ1n) is 3.73. The fourth-order valence-corrected chi connectivity index (χ4v) is 1.76. The van der Waals surface area contributed by atoms with Crippen molar-refractivity contribution < 1.29 is 8.78 Å². The highest BCUT2D eigenvalue weighted by atomic mass is 32.1. The summed E-state index contributed by atoms with van der Waals surface area (Å²) in [5, 5.41) is 0.706. The van der Waals surface area contributed by atoms with E-state index in [0.29, 0.717) is 10.8 Å². The molecule has 6 heteroatoms. The molecule has 1 aromatic rings. The van der Waals surface area contributed by atoms with Gasteiger partial charge in [0.2, 0.25) is 0 Å². The summed E-state index contributed by atoms with van der Waals surface area (Å²) in [6.07, 6.45) is -2.34. The Morgan fingerprint density at radius 3 is 2.62 bits per heavy atom. The first-order valence-corrected chi connectivity index (χ1v) is 4.50. The highest BCUT2D eigenvalue weighted by Gasteiger charge is 2.14. The van der Waals surface area contributed by atoms with Crippen LogP contribution in [0.4, 0.5) is 19.6 Å². The average Bonchev–Trinajstić information content (AvgIpc) is 2.31. The molecule has 0 aromatic carbocycles. The first-order chi connectivity index (χ1) is 6.02. The third kappa shape index (κ3) is 2.27. The number of alkyl halides is 2. The van der Waals surface area contributed by atoms with Crippen molar-refractivity contribution in [3.63, 3.8) is 0 Å².